The molecule has 2 rings (SSSR count). The van der Waals surface area contributed by atoms with Gasteiger partial charge in [0.1, 0.15) is 11.5 Å². The van der Waals surface area contributed by atoms with Crippen LogP contribution in [0.25, 0.3) is 10.8 Å². The molecule has 7 heteroatoms. The third-order valence-electron chi connectivity index (χ3n) is 2.97. The Hall–Kier alpha value is -2.70. The molecule has 0 aliphatic carbocycles. The van der Waals surface area contributed by atoms with E-state index in [-0.39, 0.29) is 24.0 Å². The fraction of sp³-hybridized carbons (Fsp3) is 0.214. The van der Waals surface area contributed by atoms with Crippen molar-refractivity contribution in [1.82, 2.24) is 10.3 Å². The first-order valence-corrected chi connectivity index (χ1v) is 6.22. The van der Waals surface area contributed by atoms with Gasteiger partial charge in [-0.3, -0.25) is 14.6 Å². The van der Waals surface area contributed by atoms with Crippen molar-refractivity contribution in [3.8, 4) is 0 Å². The second-order valence-electron chi connectivity index (χ2n) is 4.30. The summed E-state index contributed by atoms with van der Waals surface area (Å²) in [5.41, 5.74) is 6.06. The largest absolute Gasteiger partial charge is 0.469 e. The predicted octanol–water partition coefficient (Wildman–Crippen LogP) is 1.25. The molecule has 0 spiro atoms. The molecular formula is C14H14FN3O3. The van der Waals surface area contributed by atoms with Crippen molar-refractivity contribution in [2.45, 2.75) is 6.42 Å². The van der Waals surface area contributed by atoms with Gasteiger partial charge < -0.3 is 15.8 Å². The van der Waals surface area contributed by atoms with Crippen molar-refractivity contribution < 1.29 is 18.7 Å². The summed E-state index contributed by atoms with van der Waals surface area (Å²) in [5.74, 6) is -1.60. The summed E-state index contributed by atoms with van der Waals surface area (Å²) < 4.78 is 18.4. The molecule has 0 fully saturated rings. The van der Waals surface area contributed by atoms with E-state index in [9.17, 15) is 14.0 Å². The lowest BCUT2D eigenvalue weighted by Crippen LogP contribution is -2.27. The number of nitrogens with one attached hydrogen (secondary N) is 1. The van der Waals surface area contributed by atoms with Crippen LogP contribution < -0.4 is 11.1 Å². The fourth-order valence-electron chi connectivity index (χ4n) is 1.92. The number of hydrogen-bond donors (Lipinski definition) is 2. The van der Waals surface area contributed by atoms with Gasteiger partial charge in [0.15, 0.2) is 0 Å². The van der Waals surface area contributed by atoms with Crippen molar-refractivity contribution in [2.24, 2.45) is 0 Å². The van der Waals surface area contributed by atoms with Crippen molar-refractivity contribution in [2.75, 3.05) is 19.4 Å². The monoisotopic (exact) mass is 291 g/mol. The summed E-state index contributed by atoms with van der Waals surface area (Å²) in [7, 11) is 1.26. The molecule has 0 atom stereocenters. The Labute approximate surface area is 120 Å². The van der Waals surface area contributed by atoms with E-state index in [2.05, 4.69) is 15.0 Å². The minimum atomic E-state index is -0.578. The Kier molecular flexibility index (Phi) is 4.32. The number of amides is 1. The first-order valence-electron chi connectivity index (χ1n) is 6.22. The van der Waals surface area contributed by atoms with Gasteiger partial charge in [-0.1, -0.05) is 0 Å². The van der Waals surface area contributed by atoms with Gasteiger partial charge in [0, 0.05) is 23.8 Å². The number of nitrogens with two attached hydrogens (primary N) is 1. The lowest BCUT2D eigenvalue weighted by Gasteiger charge is -2.09. The number of methoxy groups -OCH3 is 1. The Morgan fingerprint density at radius 1 is 1.38 bits per heavy atom. The number of esters is 1. The average Bonchev–Trinajstić information content (AvgIpc) is 2.50. The van der Waals surface area contributed by atoms with Crippen molar-refractivity contribution in [3.05, 3.63) is 35.9 Å². The van der Waals surface area contributed by atoms with E-state index in [0.29, 0.717) is 11.1 Å². The standard InChI is InChI=1S/C14H14FN3O3/c1-21-11(19)5-7-18-14(20)13-12-8(4-6-17-13)10(16)3-2-9(12)15/h2-4,6H,5,7,16H2,1H3,(H,18,20). The predicted molar refractivity (Wildman–Crippen MR) is 75.1 cm³/mol. The molecule has 3 N–H and O–H groups in total. The summed E-state index contributed by atoms with van der Waals surface area (Å²) in [4.78, 5) is 26.9. The van der Waals surface area contributed by atoms with Gasteiger partial charge in [-0.25, -0.2) is 4.39 Å². The SMILES string of the molecule is COC(=O)CCNC(=O)c1nccc2c(N)ccc(F)c12. The number of halogens is 1. The van der Waals surface area contributed by atoms with Crippen molar-refractivity contribution in [3.63, 3.8) is 0 Å². The minimum Gasteiger partial charge on any atom is -0.469 e. The molecule has 0 aliphatic rings. The van der Waals surface area contributed by atoms with Crippen LogP contribution in [0.5, 0.6) is 0 Å². The maximum Gasteiger partial charge on any atom is 0.307 e. The zero-order valence-corrected chi connectivity index (χ0v) is 11.4. The second-order valence-corrected chi connectivity index (χ2v) is 4.30. The molecule has 21 heavy (non-hydrogen) atoms. The van der Waals surface area contributed by atoms with Crippen LogP contribution >= 0.6 is 0 Å². The van der Waals surface area contributed by atoms with Crippen LogP contribution in [0.1, 0.15) is 16.9 Å². The molecule has 0 bridgehead atoms. The average molecular weight is 291 g/mol. The third kappa shape index (κ3) is 3.07. The second kappa shape index (κ2) is 6.17. The minimum absolute atomic E-state index is 0.0254. The summed E-state index contributed by atoms with van der Waals surface area (Å²) in [5, 5.41) is 2.98. The topological polar surface area (TPSA) is 94.3 Å². The van der Waals surface area contributed by atoms with Crippen LogP contribution in [-0.4, -0.2) is 30.5 Å². The first kappa shape index (κ1) is 14.7. The summed E-state index contributed by atoms with van der Waals surface area (Å²) in [6.45, 7) is 0.0769. The van der Waals surface area contributed by atoms with Crippen LogP contribution in [0.3, 0.4) is 0 Å². The zero-order valence-electron chi connectivity index (χ0n) is 11.4. The first-order chi connectivity index (χ1) is 10.0. The highest BCUT2D eigenvalue weighted by Gasteiger charge is 2.16. The highest BCUT2D eigenvalue weighted by Crippen LogP contribution is 2.25. The molecule has 0 saturated carbocycles. The number of fused-ring (bicyclic) bond motifs is 1. The fourth-order valence-corrected chi connectivity index (χ4v) is 1.92. The molecule has 110 valence electrons. The van der Waals surface area contributed by atoms with Crippen molar-refractivity contribution >= 4 is 28.3 Å². The maximum atomic E-state index is 13.9. The van der Waals surface area contributed by atoms with Gasteiger partial charge in [0.2, 0.25) is 0 Å². The number of rotatable bonds is 4. The number of anilines is 1. The Morgan fingerprint density at radius 2 is 2.14 bits per heavy atom. The Morgan fingerprint density at radius 3 is 2.86 bits per heavy atom. The quantitative estimate of drug-likeness (QED) is 0.653. The molecule has 0 aliphatic heterocycles. The highest BCUT2D eigenvalue weighted by atomic mass is 19.1. The summed E-state index contributed by atoms with van der Waals surface area (Å²) in [6.07, 6.45) is 1.41. The van der Waals surface area contributed by atoms with E-state index in [4.69, 9.17) is 5.73 Å². The third-order valence-corrected chi connectivity index (χ3v) is 2.97. The smallest absolute Gasteiger partial charge is 0.307 e. The van der Waals surface area contributed by atoms with Gasteiger partial charge in [-0.05, 0) is 18.2 Å². The molecule has 1 amide bonds. The molecule has 6 nitrogen and oxygen atoms in total. The van der Waals surface area contributed by atoms with Crippen LogP contribution in [0.2, 0.25) is 0 Å². The van der Waals surface area contributed by atoms with Gasteiger partial charge >= 0.3 is 5.97 Å². The Bertz CT molecular complexity index is 703. The number of benzene rings is 1. The van der Waals surface area contributed by atoms with Crippen LogP contribution in [0.4, 0.5) is 10.1 Å². The number of hydrogen-bond acceptors (Lipinski definition) is 5. The van der Waals surface area contributed by atoms with Gasteiger partial charge in [-0.2, -0.15) is 0 Å². The normalized spacial score (nSPS) is 10.4. The van der Waals surface area contributed by atoms with Crippen molar-refractivity contribution in [1.29, 1.82) is 0 Å². The number of aromatic nitrogens is 1. The summed E-state index contributed by atoms with van der Waals surface area (Å²) >= 11 is 0. The van der Waals surface area contributed by atoms with Gasteiger partial charge in [-0.15, -0.1) is 0 Å². The summed E-state index contributed by atoms with van der Waals surface area (Å²) in [6, 6.07) is 4.15. The van der Waals surface area contributed by atoms with E-state index in [1.165, 1.54) is 25.4 Å². The van der Waals surface area contributed by atoms with E-state index >= 15 is 0 Å². The molecule has 0 radical (unpaired) electrons. The lowest BCUT2D eigenvalue weighted by molar-refractivity contribution is -0.140. The molecule has 1 aromatic heterocycles. The van der Waals surface area contributed by atoms with E-state index in [0.717, 1.165) is 0 Å². The number of nitrogen functional groups attached to an aromatic ring is 1. The molecule has 1 heterocycles. The van der Waals surface area contributed by atoms with Crippen LogP contribution in [-0.2, 0) is 9.53 Å². The number of pyridine rings is 1. The number of ether oxygens (including phenoxy) is 1. The number of nitrogens with zero attached hydrogens (tertiary/aromatic N) is 1. The van der Waals surface area contributed by atoms with Gasteiger partial charge in [0.25, 0.3) is 5.91 Å². The molecule has 2 aromatic rings. The maximum absolute atomic E-state index is 13.9. The van der Waals surface area contributed by atoms with E-state index in [1.807, 2.05) is 0 Å². The highest BCUT2D eigenvalue weighted by molar-refractivity contribution is 6.08. The zero-order chi connectivity index (χ0) is 15.4. The van der Waals surface area contributed by atoms with Crippen LogP contribution in [0, 0.1) is 5.82 Å². The molecule has 0 saturated heterocycles. The van der Waals surface area contributed by atoms with Crippen LogP contribution in [0.15, 0.2) is 24.4 Å². The molecule has 1 aromatic carbocycles. The Balaban J connectivity index is 2.28. The molecular weight excluding hydrogens is 277 g/mol. The number of carbonyl (C=O) groups is 2. The van der Waals surface area contributed by atoms with E-state index in [1.54, 1.807) is 6.07 Å². The number of carbonyl (C=O) groups excluding carboxylic acids is 2. The van der Waals surface area contributed by atoms with Gasteiger partial charge in [0.05, 0.1) is 18.9 Å². The lowest BCUT2D eigenvalue weighted by atomic mass is 10.1. The van der Waals surface area contributed by atoms with E-state index < -0.39 is 17.7 Å². The molecule has 0 unspecified atom stereocenters.